The first kappa shape index (κ1) is 16.6. The van der Waals surface area contributed by atoms with E-state index < -0.39 is 0 Å². The summed E-state index contributed by atoms with van der Waals surface area (Å²) in [5.74, 6) is 0.677. The van der Waals surface area contributed by atoms with Gasteiger partial charge < -0.3 is 15.0 Å². The first-order valence-electron chi connectivity index (χ1n) is 8.94. The molecule has 0 spiro atoms. The lowest BCUT2D eigenvalue weighted by atomic mass is 9.91. The second-order valence-electron chi connectivity index (χ2n) is 6.57. The number of rotatable bonds is 5. The molecule has 122 valence electrons. The van der Waals surface area contributed by atoms with Crippen molar-refractivity contribution in [3.05, 3.63) is 0 Å². The summed E-state index contributed by atoms with van der Waals surface area (Å²) in [6.45, 7) is 5.25. The summed E-state index contributed by atoms with van der Waals surface area (Å²) in [7, 11) is 0. The number of hydrogen-bond acceptors (Lipinski definition) is 2. The Morgan fingerprint density at radius 2 is 1.81 bits per heavy atom. The normalized spacial score (nSPS) is 24.3. The SMILES string of the molecule is CCN(CC1CCCO1)C(=O)NCC1CCCCCCC1. The number of hydrogen-bond donors (Lipinski definition) is 1. The van der Waals surface area contributed by atoms with Crippen molar-refractivity contribution in [3.63, 3.8) is 0 Å². The van der Waals surface area contributed by atoms with Gasteiger partial charge in [-0.15, -0.1) is 0 Å². The van der Waals surface area contributed by atoms with Gasteiger partial charge in [0.1, 0.15) is 0 Å². The average Bonchev–Trinajstić information content (AvgIpc) is 2.96. The van der Waals surface area contributed by atoms with Crippen LogP contribution < -0.4 is 5.32 Å². The zero-order chi connectivity index (χ0) is 14.9. The third-order valence-electron chi connectivity index (χ3n) is 4.88. The molecule has 1 heterocycles. The van der Waals surface area contributed by atoms with E-state index >= 15 is 0 Å². The number of likely N-dealkylation sites (N-methyl/N-ethyl adjacent to an activating group) is 1. The summed E-state index contributed by atoms with van der Waals surface area (Å²) in [4.78, 5) is 14.2. The zero-order valence-corrected chi connectivity index (χ0v) is 13.6. The molecule has 1 N–H and O–H groups in total. The topological polar surface area (TPSA) is 41.6 Å². The van der Waals surface area contributed by atoms with Crippen molar-refractivity contribution in [2.24, 2.45) is 5.92 Å². The zero-order valence-electron chi connectivity index (χ0n) is 13.6. The van der Waals surface area contributed by atoms with Crippen LogP contribution in [0, 0.1) is 5.92 Å². The number of carbonyl (C=O) groups is 1. The fraction of sp³-hybridized carbons (Fsp3) is 0.941. The molecule has 1 atom stereocenters. The summed E-state index contributed by atoms with van der Waals surface area (Å²) < 4.78 is 5.64. The summed E-state index contributed by atoms with van der Waals surface area (Å²) in [6.07, 6.45) is 11.8. The Balaban J connectivity index is 1.70. The maximum absolute atomic E-state index is 12.3. The number of amides is 2. The Morgan fingerprint density at radius 3 is 2.43 bits per heavy atom. The molecule has 0 bridgehead atoms. The third kappa shape index (κ3) is 5.85. The van der Waals surface area contributed by atoms with Gasteiger partial charge in [-0.2, -0.15) is 0 Å². The maximum Gasteiger partial charge on any atom is 0.317 e. The van der Waals surface area contributed by atoms with Crippen LogP contribution in [0.5, 0.6) is 0 Å². The predicted octanol–water partition coefficient (Wildman–Crippen LogP) is 3.56. The molecule has 1 unspecified atom stereocenters. The summed E-state index contributed by atoms with van der Waals surface area (Å²) >= 11 is 0. The minimum absolute atomic E-state index is 0.0926. The molecule has 1 aliphatic heterocycles. The molecule has 21 heavy (non-hydrogen) atoms. The first-order chi connectivity index (χ1) is 10.3. The van der Waals surface area contributed by atoms with E-state index in [0.29, 0.717) is 5.92 Å². The highest BCUT2D eigenvalue weighted by atomic mass is 16.5. The molecule has 1 saturated heterocycles. The maximum atomic E-state index is 12.3. The van der Waals surface area contributed by atoms with E-state index in [0.717, 1.165) is 39.1 Å². The smallest absolute Gasteiger partial charge is 0.317 e. The third-order valence-corrected chi connectivity index (χ3v) is 4.88. The first-order valence-corrected chi connectivity index (χ1v) is 8.94. The standard InChI is InChI=1S/C17H32N2O2/c1-2-19(14-16-11-8-12-21-16)17(20)18-13-15-9-6-4-3-5-7-10-15/h15-16H,2-14H2,1H3,(H,18,20). The fourth-order valence-electron chi connectivity index (χ4n) is 3.48. The van der Waals surface area contributed by atoms with Gasteiger partial charge in [0.05, 0.1) is 6.10 Å². The molecule has 2 rings (SSSR count). The highest BCUT2D eigenvalue weighted by Gasteiger charge is 2.22. The van der Waals surface area contributed by atoms with E-state index in [-0.39, 0.29) is 12.1 Å². The molecule has 2 aliphatic rings. The molecule has 2 amide bonds. The Hall–Kier alpha value is -0.770. The minimum atomic E-state index is 0.0926. The molecule has 0 radical (unpaired) electrons. The van der Waals surface area contributed by atoms with Crippen molar-refractivity contribution >= 4 is 6.03 Å². The van der Waals surface area contributed by atoms with Crippen LogP contribution in [0.1, 0.15) is 64.7 Å². The van der Waals surface area contributed by atoms with Crippen LogP contribution in [0.3, 0.4) is 0 Å². The second kappa shape index (κ2) is 9.29. The van der Waals surface area contributed by atoms with Gasteiger partial charge in [-0.1, -0.05) is 32.1 Å². The lowest BCUT2D eigenvalue weighted by molar-refractivity contribution is 0.0824. The van der Waals surface area contributed by atoms with E-state index in [4.69, 9.17) is 4.74 Å². The Kier molecular flexibility index (Phi) is 7.34. The van der Waals surface area contributed by atoms with Crippen molar-refractivity contribution in [1.29, 1.82) is 0 Å². The minimum Gasteiger partial charge on any atom is -0.376 e. The van der Waals surface area contributed by atoms with E-state index in [9.17, 15) is 4.79 Å². The van der Waals surface area contributed by atoms with Crippen molar-refractivity contribution < 1.29 is 9.53 Å². The molecule has 1 aliphatic carbocycles. The highest BCUT2D eigenvalue weighted by molar-refractivity contribution is 5.74. The van der Waals surface area contributed by atoms with Crippen LogP contribution in [-0.4, -0.2) is 43.3 Å². The summed E-state index contributed by atoms with van der Waals surface area (Å²) in [5.41, 5.74) is 0. The van der Waals surface area contributed by atoms with E-state index in [1.165, 1.54) is 44.9 Å². The van der Waals surface area contributed by atoms with Crippen LogP contribution in [-0.2, 0) is 4.74 Å². The fourth-order valence-corrected chi connectivity index (χ4v) is 3.48. The van der Waals surface area contributed by atoms with Gasteiger partial charge in [0.25, 0.3) is 0 Å². The molecular weight excluding hydrogens is 264 g/mol. The van der Waals surface area contributed by atoms with Crippen LogP contribution in [0.25, 0.3) is 0 Å². The van der Waals surface area contributed by atoms with Gasteiger partial charge in [-0.25, -0.2) is 4.79 Å². The summed E-state index contributed by atoms with van der Waals surface area (Å²) in [6, 6.07) is 0.0926. The highest BCUT2D eigenvalue weighted by Crippen LogP contribution is 2.21. The van der Waals surface area contributed by atoms with E-state index in [2.05, 4.69) is 5.32 Å². The van der Waals surface area contributed by atoms with Crippen molar-refractivity contribution in [1.82, 2.24) is 10.2 Å². The largest absolute Gasteiger partial charge is 0.376 e. The van der Waals surface area contributed by atoms with Crippen LogP contribution in [0.2, 0.25) is 0 Å². The van der Waals surface area contributed by atoms with Gasteiger partial charge in [-0.05, 0) is 38.5 Å². The van der Waals surface area contributed by atoms with E-state index in [1.54, 1.807) is 0 Å². The van der Waals surface area contributed by atoms with Gasteiger partial charge in [0.15, 0.2) is 0 Å². The number of carbonyl (C=O) groups excluding carboxylic acids is 1. The molecule has 4 nitrogen and oxygen atoms in total. The lowest BCUT2D eigenvalue weighted by Crippen LogP contribution is -2.45. The number of nitrogens with zero attached hydrogens (tertiary/aromatic N) is 1. The van der Waals surface area contributed by atoms with Crippen molar-refractivity contribution in [2.75, 3.05) is 26.2 Å². The Labute approximate surface area is 129 Å². The average molecular weight is 296 g/mol. The molecule has 2 fully saturated rings. The molecule has 0 aromatic rings. The Morgan fingerprint density at radius 1 is 1.10 bits per heavy atom. The predicted molar refractivity (Wildman–Crippen MR) is 85.4 cm³/mol. The second-order valence-corrected chi connectivity index (χ2v) is 6.57. The van der Waals surface area contributed by atoms with Crippen molar-refractivity contribution in [2.45, 2.75) is 70.8 Å². The van der Waals surface area contributed by atoms with Gasteiger partial charge in [0, 0.05) is 26.2 Å². The van der Waals surface area contributed by atoms with Gasteiger partial charge in [0.2, 0.25) is 0 Å². The quantitative estimate of drug-likeness (QED) is 0.843. The molecule has 4 heteroatoms. The molecular formula is C17H32N2O2. The molecule has 1 saturated carbocycles. The van der Waals surface area contributed by atoms with Gasteiger partial charge >= 0.3 is 6.03 Å². The Bertz CT molecular complexity index is 295. The lowest BCUT2D eigenvalue weighted by Gasteiger charge is -2.26. The molecule has 0 aromatic heterocycles. The van der Waals surface area contributed by atoms with Gasteiger partial charge in [-0.3, -0.25) is 0 Å². The molecule has 0 aromatic carbocycles. The van der Waals surface area contributed by atoms with Crippen molar-refractivity contribution in [3.8, 4) is 0 Å². The summed E-state index contributed by atoms with van der Waals surface area (Å²) in [5, 5.41) is 3.16. The monoisotopic (exact) mass is 296 g/mol. The van der Waals surface area contributed by atoms with E-state index in [1.807, 2.05) is 11.8 Å². The number of ether oxygens (including phenoxy) is 1. The number of nitrogens with one attached hydrogen (secondary N) is 1. The van der Waals surface area contributed by atoms with Crippen LogP contribution >= 0.6 is 0 Å². The van der Waals surface area contributed by atoms with Crippen LogP contribution in [0.4, 0.5) is 4.79 Å². The number of urea groups is 1. The van der Waals surface area contributed by atoms with Crippen LogP contribution in [0.15, 0.2) is 0 Å².